The minimum atomic E-state index is -0.315. The first-order valence-electron chi connectivity index (χ1n) is 7.16. The molecule has 0 unspecified atom stereocenters. The maximum absolute atomic E-state index is 11.5. The molecule has 0 radical (unpaired) electrons. The molecule has 0 heterocycles. The zero-order valence-electron chi connectivity index (χ0n) is 13.0. The molecule has 0 spiro atoms. The van der Waals surface area contributed by atoms with Crippen molar-refractivity contribution in [1.29, 1.82) is 0 Å². The highest BCUT2D eigenvalue weighted by Gasteiger charge is 2.12. The highest BCUT2D eigenvalue weighted by molar-refractivity contribution is 5.73. The Balaban J connectivity index is 2.27. The fraction of sp³-hybridized carbons (Fsp3) is 0.278. The molecule has 0 atom stereocenters. The second kappa shape index (κ2) is 6.98. The minimum absolute atomic E-state index is 0.155. The summed E-state index contributed by atoms with van der Waals surface area (Å²) in [6.07, 6.45) is 0.155. The number of benzene rings is 2. The summed E-state index contributed by atoms with van der Waals surface area (Å²) in [6.45, 7) is 4.01. The summed E-state index contributed by atoms with van der Waals surface area (Å²) in [5, 5.41) is 9.86. The van der Waals surface area contributed by atoms with E-state index in [1.807, 2.05) is 38.1 Å². The number of methoxy groups -OCH3 is 1. The van der Waals surface area contributed by atoms with Crippen LogP contribution in [0, 0.1) is 0 Å². The van der Waals surface area contributed by atoms with Crippen LogP contribution in [0.5, 0.6) is 17.2 Å². The van der Waals surface area contributed by atoms with E-state index in [0.717, 1.165) is 11.1 Å². The Kier molecular flexibility index (Phi) is 5.04. The molecule has 116 valence electrons. The van der Waals surface area contributed by atoms with Gasteiger partial charge < -0.3 is 14.6 Å². The fourth-order valence-electron chi connectivity index (χ4n) is 2.16. The van der Waals surface area contributed by atoms with Gasteiger partial charge in [0.1, 0.15) is 17.2 Å². The number of ether oxygens (including phenoxy) is 2. The number of aromatic hydroxyl groups is 1. The zero-order valence-corrected chi connectivity index (χ0v) is 13.0. The van der Waals surface area contributed by atoms with Gasteiger partial charge in [0.05, 0.1) is 13.5 Å². The van der Waals surface area contributed by atoms with E-state index in [2.05, 4.69) is 0 Å². The summed E-state index contributed by atoms with van der Waals surface area (Å²) >= 11 is 0. The number of hydrogen-bond acceptors (Lipinski definition) is 4. The topological polar surface area (TPSA) is 55.8 Å². The largest absolute Gasteiger partial charge is 0.508 e. The third-order valence-corrected chi connectivity index (χ3v) is 3.38. The van der Waals surface area contributed by atoms with E-state index in [1.165, 1.54) is 7.11 Å². The number of phenolic OH excluding ortho intramolecular Hbond substituents is 1. The molecule has 0 aliphatic carbocycles. The zero-order chi connectivity index (χ0) is 16.1. The number of carbonyl (C=O) groups excluding carboxylic acids is 1. The van der Waals surface area contributed by atoms with E-state index in [-0.39, 0.29) is 24.1 Å². The summed E-state index contributed by atoms with van der Waals surface area (Å²) in [5.74, 6) is 1.36. The van der Waals surface area contributed by atoms with Gasteiger partial charge in [0.15, 0.2) is 0 Å². The first-order valence-corrected chi connectivity index (χ1v) is 7.16. The van der Waals surface area contributed by atoms with Gasteiger partial charge in [-0.15, -0.1) is 0 Å². The van der Waals surface area contributed by atoms with Gasteiger partial charge in [-0.25, -0.2) is 0 Å². The van der Waals surface area contributed by atoms with Crippen LogP contribution < -0.4 is 4.74 Å². The van der Waals surface area contributed by atoms with Gasteiger partial charge in [-0.05, 0) is 30.2 Å². The van der Waals surface area contributed by atoms with Crippen LogP contribution in [0.15, 0.2) is 42.5 Å². The van der Waals surface area contributed by atoms with Crippen molar-refractivity contribution in [2.75, 3.05) is 7.11 Å². The highest BCUT2D eigenvalue weighted by Crippen LogP contribution is 2.32. The second-order valence-corrected chi connectivity index (χ2v) is 5.34. The molecular weight excluding hydrogens is 280 g/mol. The molecular formula is C18H20O4. The van der Waals surface area contributed by atoms with Crippen molar-refractivity contribution in [2.45, 2.75) is 26.2 Å². The third kappa shape index (κ3) is 3.79. The summed E-state index contributed by atoms with van der Waals surface area (Å²) < 4.78 is 10.6. The lowest BCUT2D eigenvalue weighted by Gasteiger charge is -2.13. The lowest BCUT2D eigenvalue weighted by Crippen LogP contribution is -2.05. The lowest BCUT2D eigenvalue weighted by molar-refractivity contribution is -0.139. The van der Waals surface area contributed by atoms with E-state index < -0.39 is 0 Å². The van der Waals surface area contributed by atoms with Gasteiger partial charge in [-0.2, -0.15) is 0 Å². The van der Waals surface area contributed by atoms with Crippen LogP contribution in [0.25, 0.3) is 0 Å². The Morgan fingerprint density at radius 3 is 2.59 bits per heavy atom. The molecule has 22 heavy (non-hydrogen) atoms. The summed E-state index contributed by atoms with van der Waals surface area (Å²) in [5.41, 5.74) is 1.58. The van der Waals surface area contributed by atoms with Crippen molar-refractivity contribution < 1.29 is 19.4 Å². The monoisotopic (exact) mass is 300 g/mol. The predicted molar refractivity (Wildman–Crippen MR) is 84.4 cm³/mol. The molecule has 0 amide bonds. The van der Waals surface area contributed by atoms with Crippen molar-refractivity contribution >= 4 is 5.97 Å². The van der Waals surface area contributed by atoms with Crippen molar-refractivity contribution in [3.63, 3.8) is 0 Å². The summed E-state index contributed by atoms with van der Waals surface area (Å²) in [4.78, 5) is 11.5. The van der Waals surface area contributed by atoms with Crippen molar-refractivity contribution in [3.05, 3.63) is 53.6 Å². The molecule has 0 aliphatic heterocycles. The van der Waals surface area contributed by atoms with E-state index in [0.29, 0.717) is 11.5 Å². The first-order chi connectivity index (χ1) is 10.5. The highest BCUT2D eigenvalue weighted by atomic mass is 16.5. The molecule has 2 aromatic carbocycles. The lowest BCUT2D eigenvalue weighted by atomic mass is 10.0. The molecule has 0 bridgehead atoms. The van der Waals surface area contributed by atoms with Crippen LogP contribution in [0.3, 0.4) is 0 Å². The van der Waals surface area contributed by atoms with Gasteiger partial charge in [0.25, 0.3) is 0 Å². The second-order valence-electron chi connectivity index (χ2n) is 5.34. The molecule has 2 aromatic rings. The molecule has 2 rings (SSSR count). The SMILES string of the molecule is COC(=O)Cc1ccccc1Oc1ccc(O)c(C(C)C)c1. The van der Waals surface area contributed by atoms with Crippen molar-refractivity contribution in [1.82, 2.24) is 0 Å². The van der Waals surface area contributed by atoms with Crippen LogP contribution in [0.2, 0.25) is 0 Å². The number of esters is 1. The molecule has 0 aromatic heterocycles. The third-order valence-electron chi connectivity index (χ3n) is 3.38. The number of rotatable bonds is 5. The van der Waals surface area contributed by atoms with E-state index in [4.69, 9.17) is 9.47 Å². The normalized spacial score (nSPS) is 10.5. The Morgan fingerprint density at radius 2 is 1.91 bits per heavy atom. The van der Waals surface area contributed by atoms with E-state index in [9.17, 15) is 9.90 Å². The van der Waals surface area contributed by atoms with Crippen molar-refractivity contribution in [3.8, 4) is 17.2 Å². The number of hydrogen-bond donors (Lipinski definition) is 1. The summed E-state index contributed by atoms with van der Waals surface area (Å²) in [7, 11) is 1.36. The minimum Gasteiger partial charge on any atom is -0.508 e. The van der Waals surface area contributed by atoms with Crippen LogP contribution in [0.1, 0.15) is 30.9 Å². The Hall–Kier alpha value is -2.49. The number of phenols is 1. The molecule has 0 saturated heterocycles. The Bertz CT molecular complexity index is 662. The average Bonchev–Trinajstić information content (AvgIpc) is 2.50. The maximum Gasteiger partial charge on any atom is 0.310 e. The first kappa shape index (κ1) is 15.9. The van der Waals surface area contributed by atoms with E-state index >= 15 is 0 Å². The standard InChI is InChI=1S/C18H20O4/c1-12(2)15-11-14(8-9-16(15)19)22-17-7-5-4-6-13(17)10-18(20)21-3/h4-9,11-12,19H,10H2,1-3H3. The van der Waals surface area contributed by atoms with Gasteiger partial charge >= 0.3 is 5.97 Å². The van der Waals surface area contributed by atoms with Crippen molar-refractivity contribution in [2.24, 2.45) is 0 Å². The molecule has 1 N–H and O–H groups in total. The van der Waals surface area contributed by atoms with Gasteiger partial charge in [0, 0.05) is 11.1 Å². The maximum atomic E-state index is 11.5. The van der Waals surface area contributed by atoms with Crippen LogP contribution >= 0.6 is 0 Å². The Labute approximate surface area is 130 Å². The molecule has 4 nitrogen and oxygen atoms in total. The van der Waals surface area contributed by atoms with E-state index in [1.54, 1.807) is 18.2 Å². The molecule has 4 heteroatoms. The molecule has 0 aliphatic rings. The predicted octanol–water partition coefficient (Wildman–Crippen LogP) is 4.02. The quantitative estimate of drug-likeness (QED) is 0.847. The Morgan fingerprint density at radius 1 is 1.18 bits per heavy atom. The molecule has 0 saturated carbocycles. The summed E-state index contributed by atoms with van der Waals surface area (Å²) in [6, 6.07) is 12.5. The van der Waals surface area contributed by atoms with Gasteiger partial charge in [-0.3, -0.25) is 4.79 Å². The fourth-order valence-corrected chi connectivity index (χ4v) is 2.16. The average molecular weight is 300 g/mol. The molecule has 0 fully saturated rings. The smallest absolute Gasteiger partial charge is 0.310 e. The van der Waals surface area contributed by atoms with Gasteiger partial charge in [0.2, 0.25) is 0 Å². The van der Waals surface area contributed by atoms with Gasteiger partial charge in [-0.1, -0.05) is 32.0 Å². The number of carbonyl (C=O) groups is 1. The van der Waals surface area contributed by atoms with Crippen LogP contribution in [-0.2, 0) is 16.0 Å². The number of para-hydroxylation sites is 1. The van der Waals surface area contributed by atoms with Crippen LogP contribution in [0.4, 0.5) is 0 Å². The van der Waals surface area contributed by atoms with Crippen LogP contribution in [-0.4, -0.2) is 18.2 Å².